The van der Waals surface area contributed by atoms with Crippen LogP contribution < -0.4 is 4.90 Å². The van der Waals surface area contributed by atoms with Gasteiger partial charge in [0.2, 0.25) is 4.96 Å². The van der Waals surface area contributed by atoms with Gasteiger partial charge in [0.15, 0.2) is 5.82 Å². The highest BCUT2D eigenvalue weighted by Crippen LogP contribution is 2.33. The lowest BCUT2D eigenvalue weighted by atomic mass is 10.1. The Balaban J connectivity index is 1.65. The summed E-state index contributed by atoms with van der Waals surface area (Å²) < 4.78 is 1.83. The van der Waals surface area contributed by atoms with E-state index in [9.17, 15) is 0 Å². The second-order valence-electron chi connectivity index (χ2n) is 6.89. The fourth-order valence-corrected chi connectivity index (χ4v) is 4.17. The first kappa shape index (κ1) is 16.8. The lowest BCUT2D eigenvalue weighted by molar-refractivity contribution is 0.970. The van der Waals surface area contributed by atoms with Gasteiger partial charge < -0.3 is 4.90 Å². The van der Waals surface area contributed by atoms with Crippen molar-refractivity contribution in [2.24, 2.45) is 0 Å². The minimum Gasteiger partial charge on any atom is -0.378 e. The van der Waals surface area contributed by atoms with Crippen molar-refractivity contribution >= 4 is 32.9 Å². The Labute approximate surface area is 166 Å². The molecule has 0 bridgehead atoms. The maximum absolute atomic E-state index is 4.84. The Morgan fingerprint density at radius 2 is 1.75 bits per heavy atom. The van der Waals surface area contributed by atoms with Gasteiger partial charge in [-0.3, -0.25) is 4.98 Å². The number of nitrogens with zero attached hydrogens (tertiary/aromatic N) is 6. The molecule has 5 aromatic rings. The van der Waals surface area contributed by atoms with Crippen LogP contribution in [0.3, 0.4) is 0 Å². The standard InChI is InChI=1S/C21H18N6S/c1-13-12-17(16-6-4-5-7-18(16)22-13)20-25-27-19(23-24-21(27)28-20)14-8-10-15(11-9-14)26(2)3/h4-12H,1-3H3. The molecular formula is C21H18N6S. The molecule has 0 fully saturated rings. The largest absolute Gasteiger partial charge is 0.378 e. The number of para-hydroxylation sites is 1. The molecule has 7 heteroatoms. The van der Waals surface area contributed by atoms with Gasteiger partial charge in [-0.15, -0.1) is 10.2 Å². The smallest absolute Gasteiger partial charge is 0.235 e. The maximum atomic E-state index is 4.84. The molecule has 28 heavy (non-hydrogen) atoms. The van der Waals surface area contributed by atoms with E-state index >= 15 is 0 Å². The summed E-state index contributed by atoms with van der Waals surface area (Å²) in [5, 5.41) is 15.5. The Morgan fingerprint density at radius 3 is 2.54 bits per heavy atom. The van der Waals surface area contributed by atoms with Crippen molar-refractivity contribution in [3.63, 3.8) is 0 Å². The van der Waals surface area contributed by atoms with Crippen LogP contribution in [0.25, 0.3) is 37.8 Å². The van der Waals surface area contributed by atoms with Gasteiger partial charge in [-0.05, 0) is 43.3 Å². The molecule has 0 amide bonds. The lowest BCUT2D eigenvalue weighted by Crippen LogP contribution is -2.08. The Kier molecular flexibility index (Phi) is 3.84. The van der Waals surface area contributed by atoms with Gasteiger partial charge in [-0.2, -0.15) is 9.61 Å². The van der Waals surface area contributed by atoms with Crippen LogP contribution in [0.15, 0.2) is 54.6 Å². The normalized spacial score (nSPS) is 11.4. The molecule has 0 N–H and O–H groups in total. The number of hydrogen-bond donors (Lipinski definition) is 0. The first-order chi connectivity index (χ1) is 13.6. The average Bonchev–Trinajstić information content (AvgIpc) is 3.28. The van der Waals surface area contributed by atoms with Gasteiger partial charge in [0.25, 0.3) is 0 Å². The third-order valence-corrected chi connectivity index (χ3v) is 5.64. The van der Waals surface area contributed by atoms with E-state index in [1.807, 2.05) is 43.7 Å². The summed E-state index contributed by atoms with van der Waals surface area (Å²) >= 11 is 1.54. The monoisotopic (exact) mass is 386 g/mol. The zero-order valence-electron chi connectivity index (χ0n) is 15.8. The van der Waals surface area contributed by atoms with Crippen molar-refractivity contribution < 1.29 is 0 Å². The average molecular weight is 386 g/mol. The summed E-state index contributed by atoms with van der Waals surface area (Å²) in [4.78, 5) is 7.48. The molecule has 0 radical (unpaired) electrons. The SMILES string of the molecule is Cc1cc(-c2nn3c(-c4ccc(N(C)C)cc4)nnc3s2)c2ccccc2n1. The van der Waals surface area contributed by atoms with E-state index in [2.05, 4.69) is 56.5 Å². The van der Waals surface area contributed by atoms with Crippen molar-refractivity contribution in [2.45, 2.75) is 6.92 Å². The maximum Gasteiger partial charge on any atom is 0.235 e. The van der Waals surface area contributed by atoms with Gasteiger partial charge in [0.05, 0.1) is 5.52 Å². The van der Waals surface area contributed by atoms with E-state index in [0.717, 1.165) is 49.2 Å². The van der Waals surface area contributed by atoms with Crippen molar-refractivity contribution in [3.05, 3.63) is 60.3 Å². The van der Waals surface area contributed by atoms with Crippen LogP contribution in [0.5, 0.6) is 0 Å². The van der Waals surface area contributed by atoms with Crippen LogP contribution in [0.2, 0.25) is 0 Å². The summed E-state index contributed by atoms with van der Waals surface area (Å²) in [6.45, 7) is 2.01. The molecule has 5 rings (SSSR count). The number of aromatic nitrogens is 5. The third kappa shape index (κ3) is 2.71. The van der Waals surface area contributed by atoms with E-state index in [1.54, 1.807) is 0 Å². The molecule has 0 saturated carbocycles. The molecular weight excluding hydrogens is 368 g/mol. The van der Waals surface area contributed by atoms with Crippen molar-refractivity contribution in [1.29, 1.82) is 0 Å². The number of benzene rings is 2. The van der Waals surface area contributed by atoms with Crippen LogP contribution >= 0.6 is 11.3 Å². The van der Waals surface area contributed by atoms with Crippen LogP contribution in [0.1, 0.15) is 5.69 Å². The van der Waals surface area contributed by atoms with Gasteiger partial charge in [0, 0.05) is 42.0 Å². The first-order valence-corrected chi connectivity index (χ1v) is 9.78. The lowest BCUT2D eigenvalue weighted by Gasteiger charge is -2.12. The Bertz CT molecular complexity index is 1300. The van der Waals surface area contributed by atoms with Crippen LogP contribution in [-0.2, 0) is 0 Å². The van der Waals surface area contributed by atoms with Crippen LogP contribution in [0.4, 0.5) is 5.69 Å². The van der Waals surface area contributed by atoms with Gasteiger partial charge >= 0.3 is 0 Å². The first-order valence-electron chi connectivity index (χ1n) is 8.97. The van der Waals surface area contributed by atoms with E-state index < -0.39 is 0 Å². The Hall–Kier alpha value is -3.32. The predicted octanol–water partition coefficient (Wildman–Crippen LogP) is 4.44. The minimum absolute atomic E-state index is 0.748. The van der Waals surface area contributed by atoms with E-state index in [-0.39, 0.29) is 0 Å². The number of anilines is 1. The fraction of sp³-hybridized carbons (Fsp3) is 0.143. The highest BCUT2D eigenvalue weighted by atomic mass is 32.1. The highest BCUT2D eigenvalue weighted by molar-refractivity contribution is 7.20. The highest BCUT2D eigenvalue weighted by Gasteiger charge is 2.16. The number of rotatable bonds is 3. The topological polar surface area (TPSA) is 59.2 Å². The predicted molar refractivity (Wildman–Crippen MR) is 114 cm³/mol. The summed E-state index contributed by atoms with van der Waals surface area (Å²) in [6, 6.07) is 18.5. The van der Waals surface area contributed by atoms with Crippen molar-refractivity contribution in [1.82, 2.24) is 24.8 Å². The van der Waals surface area contributed by atoms with Crippen molar-refractivity contribution in [3.8, 4) is 22.0 Å². The molecule has 0 aliphatic rings. The van der Waals surface area contributed by atoms with E-state index in [4.69, 9.17) is 5.10 Å². The molecule has 0 saturated heterocycles. The molecule has 0 aliphatic carbocycles. The molecule has 3 aromatic heterocycles. The Morgan fingerprint density at radius 1 is 0.964 bits per heavy atom. The second-order valence-corrected chi connectivity index (χ2v) is 7.85. The van der Waals surface area contributed by atoms with Gasteiger partial charge in [-0.1, -0.05) is 29.5 Å². The molecule has 0 unspecified atom stereocenters. The van der Waals surface area contributed by atoms with Crippen LogP contribution in [-0.4, -0.2) is 38.9 Å². The van der Waals surface area contributed by atoms with Gasteiger partial charge in [0.1, 0.15) is 5.01 Å². The minimum atomic E-state index is 0.748. The molecule has 3 heterocycles. The van der Waals surface area contributed by atoms with Crippen LogP contribution in [0, 0.1) is 6.92 Å². The fourth-order valence-electron chi connectivity index (χ4n) is 3.30. The molecule has 138 valence electrons. The van der Waals surface area contributed by atoms with E-state index in [0.29, 0.717) is 0 Å². The molecule has 0 atom stereocenters. The number of hydrogen-bond acceptors (Lipinski definition) is 6. The zero-order chi connectivity index (χ0) is 19.3. The van der Waals surface area contributed by atoms with Crippen molar-refractivity contribution in [2.75, 3.05) is 19.0 Å². The number of pyridine rings is 1. The summed E-state index contributed by atoms with van der Waals surface area (Å²) in [5.41, 5.74) is 5.16. The van der Waals surface area contributed by atoms with E-state index in [1.165, 1.54) is 11.3 Å². The summed E-state index contributed by atoms with van der Waals surface area (Å²) in [7, 11) is 4.05. The summed E-state index contributed by atoms with van der Waals surface area (Å²) in [5.74, 6) is 0.748. The third-order valence-electron chi connectivity index (χ3n) is 4.71. The quantitative estimate of drug-likeness (QED) is 0.459. The number of fused-ring (bicyclic) bond motifs is 2. The zero-order valence-corrected chi connectivity index (χ0v) is 16.6. The molecule has 0 aliphatic heterocycles. The molecule has 0 spiro atoms. The molecule has 6 nitrogen and oxygen atoms in total. The van der Waals surface area contributed by atoms with Gasteiger partial charge in [-0.25, -0.2) is 0 Å². The summed E-state index contributed by atoms with van der Waals surface area (Å²) in [6.07, 6.45) is 0. The molecule has 2 aromatic carbocycles. The number of aryl methyl sites for hydroxylation is 1. The second kappa shape index (κ2) is 6.38.